The highest BCUT2D eigenvalue weighted by atomic mass is 127. The van der Waals surface area contributed by atoms with Crippen molar-refractivity contribution in [3.05, 3.63) is 45.6 Å². The van der Waals surface area contributed by atoms with Crippen LogP contribution >= 0.6 is 22.6 Å². The van der Waals surface area contributed by atoms with Crippen LogP contribution in [0.3, 0.4) is 0 Å². The van der Waals surface area contributed by atoms with Crippen LogP contribution < -0.4 is 9.47 Å². The van der Waals surface area contributed by atoms with Gasteiger partial charge in [-0.25, -0.2) is 0 Å². The lowest BCUT2D eigenvalue weighted by atomic mass is 9.88. The number of aliphatic hydroxyl groups is 1. The van der Waals surface area contributed by atoms with E-state index in [0.29, 0.717) is 24.7 Å². The molecule has 0 unspecified atom stereocenters. The van der Waals surface area contributed by atoms with Crippen LogP contribution in [0.2, 0.25) is 36.3 Å². The van der Waals surface area contributed by atoms with Crippen molar-refractivity contribution < 1.29 is 28.2 Å². The Morgan fingerprint density at radius 2 is 1.57 bits per heavy atom. The maximum absolute atomic E-state index is 11.6. The molecule has 0 saturated heterocycles. The van der Waals surface area contributed by atoms with Gasteiger partial charge in [0.15, 0.2) is 28.1 Å². The average Bonchev–Trinajstić information content (AvgIpc) is 2.96. The largest absolute Gasteiger partial charge is 0.493 e. The number of methoxy groups -OCH3 is 2. The second kappa shape index (κ2) is 19.2. The van der Waals surface area contributed by atoms with Crippen LogP contribution in [0.15, 0.2) is 40.0 Å². The Bertz CT molecular complexity index is 1030. The van der Waals surface area contributed by atoms with Crippen molar-refractivity contribution in [1.29, 1.82) is 0 Å². The molecule has 0 aromatic heterocycles. The third kappa shape index (κ3) is 12.5. The van der Waals surface area contributed by atoms with Crippen molar-refractivity contribution >= 4 is 39.2 Å². The number of rotatable bonds is 20. The maximum Gasteiger partial charge on any atom is 0.192 e. The van der Waals surface area contributed by atoms with Crippen LogP contribution in [0, 0.1) is 11.8 Å². The van der Waals surface area contributed by atoms with Gasteiger partial charge in [0.2, 0.25) is 0 Å². The Labute approximate surface area is 285 Å². The van der Waals surface area contributed by atoms with E-state index in [1.807, 2.05) is 28.4 Å². The topological polar surface area (TPSA) is 66.4 Å². The summed E-state index contributed by atoms with van der Waals surface area (Å²) < 4.78 is 32.9. The van der Waals surface area contributed by atoms with Gasteiger partial charge >= 0.3 is 0 Å². The molecule has 5 atom stereocenters. The fourth-order valence-electron chi connectivity index (χ4n) is 5.27. The molecule has 1 rings (SSSR count). The first-order valence-electron chi connectivity index (χ1n) is 16.3. The molecule has 254 valence electrons. The van der Waals surface area contributed by atoms with Crippen LogP contribution in [0.4, 0.5) is 0 Å². The lowest BCUT2D eigenvalue weighted by Crippen LogP contribution is -2.47. The molecule has 0 radical (unpaired) electrons. The zero-order valence-electron chi connectivity index (χ0n) is 30.0. The van der Waals surface area contributed by atoms with E-state index in [-0.39, 0.29) is 29.1 Å². The number of hydrogen-bond donors (Lipinski definition) is 1. The minimum absolute atomic E-state index is 0.0113. The van der Waals surface area contributed by atoms with E-state index in [9.17, 15) is 5.11 Å². The summed E-state index contributed by atoms with van der Waals surface area (Å²) in [6.07, 6.45) is 4.14. The fourth-order valence-corrected chi connectivity index (χ4v) is 10.0. The summed E-state index contributed by atoms with van der Waals surface area (Å²) in [5, 5.41) is 11.7. The van der Waals surface area contributed by atoms with E-state index in [1.54, 1.807) is 14.2 Å². The Morgan fingerprint density at radius 3 is 2.07 bits per heavy atom. The second-order valence-corrected chi connectivity index (χ2v) is 24.0. The van der Waals surface area contributed by atoms with Crippen LogP contribution in [-0.4, -0.2) is 60.9 Å². The Balaban J connectivity index is 3.14. The molecule has 0 saturated carbocycles. The van der Waals surface area contributed by atoms with Gasteiger partial charge in [0, 0.05) is 11.8 Å². The van der Waals surface area contributed by atoms with Gasteiger partial charge in [0.1, 0.15) is 0 Å². The molecule has 0 aliphatic rings. The minimum Gasteiger partial charge on any atom is -0.493 e. The third-order valence-electron chi connectivity index (χ3n) is 9.55. The van der Waals surface area contributed by atoms with Gasteiger partial charge in [-0.2, -0.15) is 0 Å². The van der Waals surface area contributed by atoms with Crippen molar-refractivity contribution in [2.45, 2.75) is 130 Å². The molecule has 1 aromatic rings. The molecule has 0 aliphatic heterocycles. The van der Waals surface area contributed by atoms with E-state index < -0.39 is 22.7 Å². The first-order chi connectivity index (χ1) is 20.5. The Kier molecular flexibility index (Phi) is 18.0. The summed E-state index contributed by atoms with van der Waals surface area (Å²) in [7, 11) is -0.606. The van der Waals surface area contributed by atoms with E-state index in [0.717, 1.165) is 35.7 Å². The number of aliphatic hydroxyl groups excluding tert-OH is 1. The molecule has 0 bridgehead atoms. The molecular weight excluding hydrogens is 699 g/mol. The molecular formula is C35H63IO6Si2. The maximum atomic E-state index is 11.6. The number of benzene rings is 1. The van der Waals surface area contributed by atoms with Gasteiger partial charge in [-0.05, 0) is 71.4 Å². The molecule has 0 fully saturated rings. The van der Waals surface area contributed by atoms with Crippen LogP contribution in [0.25, 0.3) is 0 Å². The number of ether oxygens (including phenoxy) is 3. The fraction of sp³-hybridized carbons (Fsp3) is 0.714. The van der Waals surface area contributed by atoms with E-state index >= 15 is 0 Å². The molecule has 6 nitrogen and oxygen atoms in total. The first kappa shape index (κ1) is 41.3. The third-order valence-corrected chi connectivity index (χ3v) is 19.1. The SMILES string of the molecule is CC[Si](CC)(CC)O[C@@H]([C@H](C)[C@H](O)/C=C(\C)C[C@H](/C=C/I)O[Si](C)(C)C(C)(C)C)[C@H](C)COCc1ccc(OC)c(OC)c1. The average molecular weight is 763 g/mol. The normalized spacial score (nSPS) is 16.9. The van der Waals surface area contributed by atoms with E-state index in [1.165, 1.54) is 0 Å². The summed E-state index contributed by atoms with van der Waals surface area (Å²) in [5.74, 6) is 1.40. The minimum atomic E-state index is -1.94. The zero-order valence-corrected chi connectivity index (χ0v) is 34.1. The van der Waals surface area contributed by atoms with Gasteiger partial charge < -0.3 is 28.2 Å². The predicted molar refractivity (Wildman–Crippen MR) is 199 cm³/mol. The van der Waals surface area contributed by atoms with Crippen molar-refractivity contribution in [2.75, 3.05) is 20.8 Å². The van der Waals surface area contributed by atoms with E-state index in [2.05, 4.69) is 104 Å². The molecule has 9 heteroatoms. The smallest absolute Gasteiger partial charge is 0.192 e. The lowest BCUT2D eigenvalue weighted by Gasteiger charge is -2.40. The molecule has 0 spiro atoms. The standard InChI is InChI=1S/C35H63IO6Si2/c1-14-44(15-2,16-3)42-34(27(5)24-40-25-29-17-18-32(38-10)33(23-29)39-11)28(6)31(37)22-26(4)21-30(19-20-36)41-43(12,13)35(7,8)9/h17-20,22-23,27-28,30-31,34,37H,14-16,21,24-25H2,1-13H3/b20-19+,26-22+/t27-,28-,30+,31-,34-/m1/s1. The zero-order chi connectivity index (χ0) is 33.7. The molecule has 0 amide bonds. The van der Waals surface area contributed by atoms with Gasteiger partial charge in [-0.15, -0.1) is 0 Å². The summed E-state index contributed by atoms with van der Waals surface area (Å²) >= 11 is 2.27. The van der Waals surface area contributed by atoms with Crippen molar-refractivity contribution in [2.24, 2.45) is 11.8 Å². The van der Waals surface area contributed by atoms with Crippen molar-refractivity contribution in [3.63, 3.8) is 0 Å². The van der Waals surface area contributed by atoms with Crippen molar-refractivity contribution in [3.8, 4) is 11.5 Å². The van der Waals surface area contributed by atoms with Crippen LogP contribution in [-0.2, 0) is 20.2 Å². The number of halogens is 1. The monoisotopic (exact) mass is 762 g/mol. The molecule has 1 N–H and O–H groups in total. The first-order valence-corrected chi connectivity index (χ1v) is 23.0. The molecule has 0 heterocycles. The van der Waals surface area contributed by atoms with Gasteiger partial charge in [-0.3, -0.25) is 0 Å². The van der Waals surface area contributed by atoms with Crippen LogP contribution in [0.5, 0.6) is 11.5 Å². The Hall–Kier alpha value is -0.696. The lowest BCUT2D eigenvalue weighted by molar-refractivity contribution is -0.0153. The predicted octanol–water partition coefficient (Wildman–Crippen LogP) is 9.92. The summed E-state index contributed by atoms with van der Waals surface area (Å²) in [4.78, 5) is 0. The molecule has 1 aromatic carbocycles. The van der Waals surface area contributed by atoms with Gasteiger partial charge in [-0.1, -0.05) is 102 Å². The quantitative estimate of drug-likeness (QED) is 0.0811. The highest BCUT2D eigenvalue weighted by molar-refractivity contribution is 14.1. The van der Waals surface area contributed by atoms with Gasteiger partial charge in [0.25, 0.3) is 0 Å². The Morgan fingerprint density at radius 1 is 0.977 bits per heavy atom. The molecule has 0 aliphatic carbocycles. The molecule has 44 heavy (non-hydrogen) atoms. The summed E-state index contributed by atoms with van der Waals surface area (Å²) in [6.45, 7) is 25.6. The second-order valence-electron chi connectivity index (χ2n) is 13.8. The summed E-state index contributed by atoms with van der Waals surface area (Å²) in [6, 6.07) is 9.03. The van der Waals surface area contributed by atoms with E-state index in [4.69, 9.17) is 23.1 Å². The van der Waals surface area contributed by atoms with Crippen LogP contribution in [0.1, 0.15) is 74.3 Å². The van der Waals surface area contributed by atoms with Gasteiger partial charge in [0.05, 0.1) is 45.7 Å². The highest BCUT2D eigenvalue weighted by Gasteiger charge is 2.40. The number of hydrogen-bond acceptors (Lipinski definition) is 6. The van der Waals surface area contributed by atoms with Crippen molar-refractivity contribution in [1.82, 2.24) is 0 Å². The summed E-state index contributed by atoms with van der Waals surface area (Å²) in [5.41, 5.74) is 2.15. The highest BCUT2D eigenvalue weighted by Crippen LogP contribution is 2.38.